The van der Waals surface area contributed by atoms with Crippen molar-refractivity contribution in [3.63, 3.8) is 0 Å². The van der Waals surface area contributed by atoms with Crippen LogP contribution in [0.5, 0.6) is 0 Å². The molecule has 0 aromatic carbocycles. The smallest absolute Gasteiger partial charge is 0.237 e. The summed E-state index contributed by atoms with van der Waals surface area (Å²) in [7, 11) is 0. The third-order valence-corrected chi connectivity index (χ3v) is 4.33. The molecule has 0 aromatic rings. The summed E-state index contributed by atoms with van der Waals surface area (Å²) >= 11 is 1.85. The first-order valence-corrected chi connectivity index (χ1v) is 7.86. The molecule has 3 N–H and O–H groups in total. The molecule has 1 amide bonds. The number of nitrogens with one attached hydrogen (secondary N) is 1. The van der Waals surface area contributed by atoms with E-state index in [9.17, 15) is 4.79 Å². The van der Waals surface area contributed by atoms with E-state index in [0.717, 1.165) is 24.5 Å². The fourth-order valence-corrected chi connectivity index (χ4v) is 3.42. The molecule has 0 saturated carbocycles. The Morgan fingerprint density at radius 1 is 1.61 bits per heavy atom. The summed E-state index contributed by atoms with van der Waals surface area (Å²) in [6.45, 7) is 6.85. The van der Waals surface area contributed by atoms with Gasteiger partial charge in [0.25, 0.3) is 0 Å². The van der Waals surface area contributed by atoms with E-state index in [1.54, 1.807) is 0 Å². The molecule has 0 spiro atoms. The van der Waals surface area contributed by atoms with E-state index in [2.05, 4.69) is 5.32 Å². The van der Waals surface area contributed by atoms with Crippen LogP contribution in [0.15, 0.2) is 0 Å². The van der Waals surface area contributed by atoms with E-state index in [1.165, 1.54) is 12.8 Å². The van der Waals surface area contributed by atoms with E-state index < -0.39 is 5.54 Å². The monoisotopic (exact) mass is 274 g/mol. The maximum absolute atomic E-state index is 11.5. The fraction of sp³-hybridized carbons (Fsp3) is 0.923. The van der Waals surface area contributed by atoms with E-state index in [0.29, 0.717) is 6.10 Å². The minimum Gasteiger partial charge on any atom is -0.377 e. The molecule has 0 aliphatic carbocycles. The molecule has 4 nitrogen and oxygen atoms in total. The Hall–Kier alpha value is -0.260. The van der Waals surface area contributed by atoms with Gasteiger partial charge in [-0.25, -0.2) is 0 Å². The van der Waals surface area contributed by atoms with Crippen LogP contribution in [0, 0.1) is 0 Å². The van der Waals surface area contributed by atoms with Crippen molar-refractivity contribution in [2.45, 2.75) is 57.7 Å². The second kappa shape index (κ2) is 7.36. The SMILES string of the molecule is CC(C)NC(C)(CCSCC1CCCO1)C(N)=O. The molecule has 1 aliphatic heterocycles. The number of rotatable bonds is 8. The van der Waals surface area contributed by atoms with Crippen LogP contribution in [-0.2, 0) is 9.53 Å². The molecule has 5 heteroatoms. The minimum atomic E-state index is -0.600. The number of thioether (sulfide) groups is 1. The van der Waals surface area contributed by atoms with Gasteiger partial charge in [-0.3, -0.25) is 4.79 Å². The number of amides is 1. The van der Waals surface area contributed by atoms with Crippen molar-refractivity contribution < 1.29 is 9.53 Å². The van der Waals surface area contributed by atoms with Gasteiger partial charge in [-0.15, -0.1) is 0 Å². The second-order valence-electron chi connectivity index (χ2n) is 5.46. The van der Waals surface area contributed by atoms with Gasteiger partial charge in [-0.2, -0.15) is 11.8 Å². The number of ether oxygens (including phenoxy) is 1. The first kappa shape index (κ1) is 15.8. The molecule has 1 fully saturated rings. The van der Waals surface area contributed by atoms with E-state index >= 15 is 0 Å². The normalized spacial score (nSPS) is 23.2. The van der Waals surface area contributed by atoms with Crippen molar-refractivity contribution in [1.82, 2.24) is 5.32 Å². The Bertz CT molecular complexity index is 268. The molecular formula is C13H26N2O2S. The highest BCUT2D eigenvalue weighted by atomic mass is 32.2. The van der Waals surface area contributed by atoms with Crippen molar-refractivity contribution in [3.8, 4) is 0 Å². The molecule has 18 heavy (non-hydrogen) atoms. The number of nitrogens with two attached hydrogens (primary N) is 1. The maximum atomic E-state index is 11.5. The van der Waals surface area contributed by atoms with Gasteiger partial charge in [0.05, 0.1) is 11.6 Å². The maximum Gasteiger partial charge on any atom is 0.237 e. The number of carbonyl (C=O) groups excluding carboxylic acids is 1. The fourth-order valence-electron chi connectivity index (χ4n) is 2.17. The summed E-state index contributed by atoms with van der Waals surface area (Å²) in [4.78, 5) is 11.5. The molecule has 1 saturated heterocycles. The first-order chi connectivity index (χ1) is 8.44. The molecule has 1 aliphatic rings. The third kappa shape index (κ3) is 5.16. The lowest BCUT2D eigenvalue weighted by molar-refractivity contribution is -0.124. The molecule has 2 atom stereocenters. The Balaban J connectivity index is 2.26. The van der Waals surface area contributed by atoms with Crippen LogP contribution < -0.4 is 11.1 Å². The molecule has 1 rings (SSSR count). The lowest BCUT2D eigenvalue weighted by Gasteiger charge is -2.29. The van der Waals surface area contributed by atoms with Crippen LogP contribution in [0.4, 0.5) is 0 Å². The molecular weight excluding hydrogens is 248 g/mol. The van der Waals surface area contributed by atoms with Gasteiger partial charge in [0.15, 0.2) is 0 Å². The van der Waals surface area contributed by atoms with Crippen molar-refractivity contribution in [1.29, 1.82) is 0 Å². The molecule has 1 heterocycles. The predicted molar refractivity (Wildman–Crippen MR) is 76.8 cm³/mol. The van der Waals surface area contributed by atoms with Gasteiger partial charge in [0.2, 0.25) is 5.91 Å². The summed E-state index contributed by atoms with van der Waals surface area (Å²) < 4.78 is 5.57. The lowest BCUT2D eigenvalue weighted by atomic mass is 9.97. The standard InChI is InChI=1S/C13H26N2O2S/c1-10(2)15-13(3,12(14)16)6-8-18-9-11-5-4-7-17-11/h10-11,15H,4-9H2,1-3H3,(H2,14,16). The molecule has 106 valence electrons. The zero-order valence-corrected chi connectivity index (χ0v) is 12.5. The molecule has 2 unspecified atom stereocenters. The predicted octanol–water partition coefficient (Wildman–Crippen LogP) is 1.53. The van der Waals surface area contributed by atoms with Gasteiger partial charge >= 0.3 is 0 Å². The summed E-state index contributed by atoms with van der Waals surface area (Å²) in [5.74, 6) is 1.68. The Kier molecular flexibility index (Phi) is 6.46. The topological polar surface area (TPSA) is 64.3 Å². The minimum absolute atomic E-state index is 0.255. The van der Waals surface area contributed by atoms with Crippen LogP contribution in [0.2, 0.25) is 0 Å². The lowest BCUT2D eigenvalue weighted by Crippen LogP contribution is -2.55. The summed E-state index contributed by atoms with van der Waals surface area (Å²) in [6, 6.07) is 0.255. The second-order valence-corrected chi connectivity index (χ2v) is 6.61. The van der Waals surface area contributed by atoms with E-state index in [1.807, 2.05) is 32.5 Å². The zero-order chi connectivity index (χ0) is 13.6. The van der Waals surface area contributed by atoms with Gasteiger partial charge in [-0.1, -0.05) is 0 Å². The largest absolute Gasteiger partial charge is 0.377 e. The summed E-state index contributed by atoms with van der Waals surface area (Å²) in [5.41, 5.74) is 4.89. The van der Waals surface area contributed by atoms with Crippen LogP contribution in [0.1, 0.15) is 40.0 Å². The average molecular weight is 274 g/mol. The van der Waals surface area contributed by atoms with Crippen molar-refractivity contribution in [2.24, 2.45) is 5.73 Å². The quantitative estimate of drug-likeness (QED) is 0.659. The first-order valence-electron chi connectivity index (χ1n) is 6.71. The third-order valence-electron chi connectivity index (χ3n) is 3.23. The van der Waals surface area contributed by atoms with Gasteiger partial charge in [0, 0.05) is 18.4 Å². The van der Waals surface area contributed by atoms with Crippen LogP contribution in [-0.4, -0.2) is 41.7 Å². The Morgan fingerprint density at radius 2 is 2.33 bits per heavy atom. The number of hydrogen-bond acceptors (Lipinski definition) is 4. The Morgan fingerprint density at radius 3 is 2.83 bits per heavy atom. The van der Waals surface area contributed by atoms with E-state index in [-0.39, 0.29) is 11.9 Å². The average Bonchev–Trinajstić information content (AvgIpc) is 2.76. The van der Waals surface area contributed by atoms with Crippen LogP contribution in [0.3, 0.4) is 0 Å². The van der Waals surface area contributed by atoms with Gasteiger partial charge in [0.1, 0.15) is 0 Å². The van der Waals surface area contributed by atoms with E-state index in [4.69, 9.17) is 10.5 Å². The number of carbonyl (C=O) groups is 1. The number of hydrogen-bond donors (Lipinski definition) is 2. The van der Waals surface area contributed by atoms with Crippen molar-refractivity contribution in [2.75, 3.05) is 18.1 Å². The van der Waals surface area contributed by atoms with Gasteiger partial charge < -0.3 is 15.8 Å². The number of primary amides is 1. The molecule has 0 bridgehead atoms. The molecule has 0 aromatic heterocycles. The summed E-state index contributed by atoms with van der Waals surface area (Å²) in [6.07, 6.45) is 3.52. The molecule has 0 radical (unpaired) electrons. The highest BCUT2D eigenvalue weighted by Gasteiger charge is 2.30. The Labute approximate surface area is 114 Å². The van der Waals surface area contributed by atoms with Crippen LogP contribution >= 0.6 is 11.8 Å². The highest BCUT2D eigenvalue weighted by Crippen LogP contribution is 2.20. The van der Waals surface area contributed by atoms with Crippen molar-refractivity contribution in [3.05, 3.63) is 0 Å². The summed E-state index contributed by atoms with van der Waals surface area (Å²) in [5, 5.41) is 3.26. The van der Waals surface area contributed by atoms with Crippen molar-refractivity contribution >= 4 is 17.7 Å². The highest BCUT2D eigenvalue weighted by molar-refractivity contribution is 7.99. The van der Waals surface area contributed by atoms with Crippen LogP contribution in [0.25, 0.3) is 0 Å². The zero-order valence-electron chi connectivity index (χ0n) is 11.7. The van der Waals surface area contributed by atoms with Gasteiger partial charge in [-0.05, 0) is 45.8 Å².